The van der Waals surface area contributed by atoms with E-state index in [9.17, 15) is 9.59 Å². The summed E-state index contributed by atoms with van der Waals surface area (Å²) in [4.78, 5) is 20.5. The van der Waals surface area contributed by atoms with Crippen LogP contribution in [0.15, 0.2) is 0 Å². The van der Waals surface area contributed by atoms with Crippen LogP contribution in [-0.4, -0.2) is 41.0 Å². The van der Waals surface area contributed by atoms with Gasteiger partial charge in [0.05, 0.1) is 0 Å². The molecular formula is C3H7N3O6S. The van der Waals surface area contributed by atoms with Crippen LogP contribution in [0.5, 0.6) is 0 Å². The van der Waals surface area contributed by atoms with E-state index in [1.807, 2.05) is 5.32 Å². The third-order valence-electron chi connectivity index (χ3n) is 0.821. The van der Waals surface area contributed by atoms with E-state index in [1.54, 1.807) is 0 Å². The summed E-state index contributed by atoms with van der Waals surface area (Å²) >= 11 is 0. The summed E-state index contributed by atoms with van der Waals surface area (Å²) in [7, 11) is -4.67. The molecule has 3 amide bonds. The number of urea groups is 1. The molecule has 1 aliphatic rings. The molecule has 10 heteroatoms. The normalized spacial score (nSPS) is 16.4. The SMILES string of the molecule is NN1CC(=O)NC1=O.O=S(=O)(O)O. The van der Waals surface area contributed by atoms with Crippen molar-refractivity contribution < 1.29 is 27.1 Å². The number of hydrazine groups is 1. The molecule has 76 valence electrons. The van der Waals surface area contributed by atoms with E-state index in [0.29, 0.717) is 0 Å². The molecule has 0 aliphatic carbocycles. The molecule has 0 saturated carbocycles. The number of nitrogens with one attached hydrogen (secondary N) is 1. The molecule has 0 radical (unpaired) electrons. The van der Waals surface area contributed by atoms with Crippen LogP contribution >= 0.6 is 0 Å². The number of carbonyl (C=O) groups is 2. The molecule has 0 bridgehead atoms. The number of nitrogens with two attached hydrogens (primary N) is 1. The monoisotopic (exact) mass is 213 g/mol. The maximum Gasteiger partial charge on any atom is 0.394 e. The van der Waals surface area contributed by atoms with Crippen LogP contribution < -0.4 is 11.2 Å². The molecule has 0 aromatic heterocycles. The van der Waals surface area contributed by atoms with Gasteiger partial charge in [-0.1, -0.05) is 0 Å². The van der Waals surface area contributed by atoms with Crippen molar-refractivity contribution in [2.75, 3.05) is 6.54 Å². The maximum absolute atomic E-state index is 10.3. The Hall–Kier alpha value is -1.23. The summed E-state index contributed by atoms with van der Waals surface area (Å²) in [6.07, 6.45) is 0. The van der Waals surface area contributed by atoms with Crippen LogP contribution in [0, 0.1) is 0 Å². The highest BCUT2D eigenvalue weighted by Gasteiger charge is 2.22. The predicted molar refractivity (Wildman–Crippen MR) is 38.6 cm³/mol. The lowest BCUT2D eigenvalue weighted by atomic mass is 10.7. The van der Waals surface area contributed by atoms with E-state index in [1.165, 1.54) is 0 Å². The van der Waals surface area contributed by atoms with E-state index in [4.69, 9.17) is 23.4 Å². The van der Waals surface area contributed by atoms with Gasteiger partial charge in [0.1, 0.15) is 6.54 Å². The van der Waals surface area contributed by atoms with E-state index in [2.05, 4.69) is 0 Å². The molecule has 0 atom stereocenters. The Kier molecular flexibility index (Phi) is 3.74. The summed E-state index contributed by atoms with van der Waals surface area (Å²) < 4.78 is 31.6. The first kappa shape index (κ1) is 11.8. The molecule has 0 unspecified atom stereocenters. The van der Waals surface area contributed by atoms with Crippen molar-refractivity contribution in [3.8, 4) is 0 Å². The first-order chi connectivity index (χ1) is 5.70. The number of hydrogen-bond donors (Lipinski definition) is 4. The molecular weight excluding hydrogens is 206 g/mol. The van der Waals surface area contributed by atoms with Crippen molar-refractivity contribution in [3.05, 3.63) is 0 Å². The van der Waals surface area contributed by atoms with Crippen molar-refractivity contribution in [2.45, 2.75) is 0 Å². The van der Waals surface area contributed by atoms with Gasteiger partial charge in [0.15, 0.2) is 0 Å². The topological polar surface area (TPSA) is 150 Å². The number of carbonyl (C=O) groups excluding carboxylic acids is 2. The molecule has 9 nitrogen and oxygen atoms in total. The van der Waals surface area contributed by atoms with Gasteiger partial charge in [-0.25, -0.2) is 10.6 Å². The van der Waals surface area contributed by atoms with Gasteiger partial charge >= 0.3 is 16.4 Å². The highest BCUT2D eigenvalue weighted by molar-refractivity contribution is 7.79. The lowest BCUT2D eigenvalue weighted by Crippen LogP contribution is -2.34. The van der Waals surface area contributed by atoms with E-state index >= 15 is 0 Å². The molecule has 0 aromatic rings. The highest BCUT2D eigenvalue weighted by Crippen LogP contribution is 1.87. The fraction of sp³-hybridized carbons (Fsp3) is 0.333. The molecule has 0 spiro atoms. The summed E-state index contributed by atoms with van der Waals surface area (Å²) in [5, 5.41) is 2.81. The second kappa shape index (κ2) is 4.13. The van der Waals surface area contributed by atoms with Crippen molar-refractivity contribution in [1.82, 2.24) is 10.3 Å². The first-order valence-electron chi connectivity index (χ1n) is 2.76. The van der Waals surface area contributed by atoms with Crippen molar-refractivity contribution >= 4 is 22.3 Å². The Bertz CT molecular complexity index is 301. The number of imide groups is 1. The Balaban J connectivity index is 0.000000252. The number of nitrogens with zero attached hydrogens (tertiary/aromatic N) is 1. The highest BCUT2D eigenvalue weighted by atomic mass is 32.3. The Morgan fingerprint density at radius 1 is 1.38 bits per heavy atom. The first-order valence-corrected chi connectivity index (χ1v) is 4.16. The van der Waals surface area contributed by atoms with Crippen LogP contribution in [0.1, 0.15) is 0 Å². The van der Waals surface area contributed by atoms with E-state index in [0.717, 1.165) is 5.01 Å². The van der Waals surface area contributed by atoms with Crippen molar-refractivity contribution in [1.29, 1.82) is 0 Å². The lowest BCUT2D eigenvalue weighted by molar-refractivity contribution is -0.118. The fourth-order valence-electron chi connectivity index (χ4n) is 0.457. The van der Waals surface area contributed by atoms with Crippen LogP contribution in [0.4, 0.5) is 4.79 Å². The number of hydrogen-bond acceptors (Lipinski definition) is 5. The quantitative estimate of drug-likeness (QED) is 0.154. The Labute approximate surface area is 73.0 Å². The van der Waals surface area contributed by atoms with Gasteiger partial charge in [-0.2, -0.15) is 8.42 Å². The molecule has 0 aromatic carbocycles. The van der Waals surface area contributed by atoms with E-state index in [-0.39, 0.29) is 12.5 Å². The summed E-state index contributed by atoms with van der Waals surface area (Å²) in [5.74, 6) is 4.62. The van der Waals surface area contributed by atoms with Gasteiger partial charge in [0.2, 0.25) is 5.91 Å². The fourth-order valence-corrected chi connectivity index (χ4v) is 0.457. The van der Waals surface area contributed by atoms with Gasteiger partial charge < -0.3 is 0 Å². The van der Waals surface area contributed by atoms with Gasteiger partial charge in [-0.3, -0.25) is 24.2 Å². The minimum absolute atomic E-state index is 0.0289. The Morgan fingerprint density at radius 2 is 1.77 bits per heavy atom. The predicted octanol–water partition coefficient (Wildman–Crippen LogP) is -2.24. The molecule has 1 rings (SSSR count). The molecule has 5 N–H and O–H groups in total. The summed E-state index contributed by atoms with van der Waals surface area (Å²) in [6.45, 7) is -0.0289. The third-order valence-corrected chi connectivity index (χ3v) is 0.821. The number of rotatable bonds is 0. The zero-order valence-corrected chi connectivity index (χ0v) is 6.98. The molecule has 1 heterocycles. The molecule has 1 saturated heterocycles. The second-order valence-corrected chi connectivity index (χ2v) is 2.82. The molecule has 1 fully saturated rings. The molecule has 13 heavy (non-hydrogen) atoms. The van der Waals surface area contributed by atoms with Crippen molar-refractivity contribution in [3.63, 3.8) is 0 Å². The third kappa shape index (κ3) is 7.14. The molecule has 1 aliphatic heterocycles. The van der Waals surface area contributed by atoms with Crippen LogP contribution in [0.25, 0.3) is 0 Å². The zero-order chi connectivity index (χ0) is 10.6. The van der Waals surface area contributed by atoms with Gasteiger partial charge in [-0.05, 0) is 0 Å². The average molecular weight is 213 g/mol. The van der Waals surface area contributed by atoms with E-state index < -0.39 is 16.4 Å². The largest absolute Gasteiger partial charge is 0.394 e. The maximum atomic E-state index is 10.3. The average Bonchev–Trinajstić information content (AvgIpc) is 2.05. The summed E-state index contributed by atoms with van der Waals surface area (Å²) in [6, 6.07) is -0.532. The van der Waals surface area contributed by atoms with Gasteiger partial charge in [0, 0.05) is 0 Å². The smallest absolute Gasteiger partial charge is 0.275 e. The minimum atomic E-state index is -4.67. The van der Waals surface area contributed by atoms with Crippen LogP contribution in [0.3, 0.4) is 0 Å². The van der Waals surface area contributed by atoms with Gasteiger partial charge in [0.25, 0.3) is 0 Å². The number of amides is 3. The lowest BCUT2D eigenvalue weighted by Gasteiger charge is -1.99. The standard InChI is InChI=1S/C3H5N3O2.H2O4S/c4-6-1-2(7)5-3(6)8;1-5(2,3)4/h1,4H2,(H,5,7,8);(H2,1,2,3,4). The summed E-state index contributed by atoms with van der Waals surface area (Å²) in [5.41, 5.74) is 0. The zero-order valence-electron chi connectivity index (χ0n) is 6.17. The van der Waals surface area contributed by atoms with Crippen molar-refractivity contribution in [2.24, 2.45) is 5.84 Å². The minimum Gasteiger partial charge on any atom is -0.275 e. The van der Waals surface area contributed by atoms with Crippen LogP contribution in [-0.2, 0) is 15.2 Å². The van der Waals surface area contributed by atoms with Gasteiger partial charge in [-0.15, -0.1) is 0 Å². The second-order valence-electron chi connectivity index (χ2n) is 1.93. The Morgan fingerprint density at radius 3 is 1.85 bits per heavy atom. The van der Waals surface area contributed by atoms with Crippen LogP contribution in [0.2, 0.25) is 0 Å².